The maximum Gasteiger partial charge on any atom is 0.224 e. The molecular formula is C14H21N3O2. The number of anilines is 1. The van der Waals surface area contributed by atoms with Gasteiger partial charge in [-0.05, 0) is 37.6 Å². The first-order chi connectivity index (χ1) is 8.94. The smallest absolute Gasteiger partial charge is 0.224 e. The van der Waals surface area contributed by atoms with Crippen molar-refractivity contribution in [2.75, 3.05) is 25.9 Å². The number of ether oxygens (including phenoxy) is 1. The summed E-state index contributed by atoms with van der Waals surface area (Å²) in [7, 11) is 1.60. The monoisotopic (exact) mass is 263 g/mol. The number of methoxy groups -OCH3 is 1. The molecule has 2 rings (SSSR count). The molecule has 1 heterocycles. The zero-order chi connectivity index (χ0) is 14.0. The van der Waals surface area contributed by atoms with E-state index in [2.05, 4.69) is 4.90 Å². The Morgan fingerprint density at radius 3 is 2.79 bits per heavy atom. The Labute approximate surface area is 113 Å². The minimum atomic E-state index is -0.405. The van der Waals surface area contributed by atoms with Crippen LogP contribution in [0.1, 0.15) is 18.9 Å². The first-order valence-electron chi connectivity index (χ1n) is 6.39. The fraction of sp³-hybridized carbons (Fsp3) is 0.500. The SMILES string of the molecule is COc1ccc(CN2CCC(C)(C(N)=O)C2)cc1N. The van der Waals surface area contributed by atoms with Crippen LogP contribution in [-0.2, 0) is 11.3 Å². The number of hydrogen-bond donors (Lipinski definition) is 2. The molecule has 1 aromatic carbocycles. The molecule has 19 heavy (non-hydrogen) atoms. The average Bonchev–Trinajstić information content (AvgIpc) is 2.73. The fourth-order valence-corrected chi connectivity index (χ4v) is 2.53. The summed E-state index contributed by atoms with van der Waals surface area (Å²) in [6.07, 6.45) is 0.813. The van der Waals surface area contributed by atoms with Gasteiger partial charge in [-0.25, -0.2) is 0 Å². The van der Waals surface area contributed by atoms with Gasteiger partial charge < -0.3 is 16.2 Å². The normalized spacial score (nSPS) is 23.5. The minimum Gasteiger partial charge on any atom is -0.495 e. The molecule has 1 atom stereocenters. The third kappa shape index (κ3) is 2.81. The predicted molar refractivity (Wildman–Crippen MR) is 74.6 cm³/mol. The molecule has 5 nitrogen and oxygen atoms in total. The third-order valence-corrected chi connectivity index (χ3v) is 3.85. The van der Waals surface area contributed by atoms with Gasteiger partial charge in [-0.2, -0.15) is 0 Å². The average molecular weight is 263 g/mol. The van der Waals surface area contributed by atoms with Gasteiger partial charge >= 0.3 is 0 Å². The van der Waals surface area contributed by atoms with Crippen LogP contribution in [0.15, 0.2) is 18.2 Å². The molecule has 0 aromatic heterocycles. The minimum absolute atomic E-state index is 0.218. The first-order valence-corrected chi connectivity index (χ1v) is 6.39. The van der Waals surface area contributed by atoms with Crippen LogP contribution in [0, 0.1) is 5.41 Å². The molecule has 4 N–H and O–H groups in total. The Hall–Kier alpha value is -1.75. The Bertz CT molecular complexity index is 490. The lowest BCUT2D eigenvalue weighted by Gasteiger charge is -2.21. The summed E-state index contributed by atoms with van der Waals surface area (Å²) in [6.45, 7) is 4.29. The number of hydrogen-bond acceptors (Lipinski definition) is 4. The van der Waals surface area contributed by atoms with E-state index in [0.717, 1.165) is 25.1 Å². The van der Waals surface area contributed by atoms with E-state index in [4.69, 9.17) is 16.2 Å². The zero-order valence-corrected chi connectivity index (χ0v) is 11.5. The molecule has 1 unspecified atom stereocenters. The van der Waals surface area contributed by atoms with Crippen molar-refractivity contribution in [1.29, 1.82) is 0 Å². The van der Waals surface area contributed by atoms with Crippen molar-refractivity contribution in [3.63, 3.8) is 0 Å². The lowest BCUT2D eigenvalue weighted by atomic mass is 9.89. The van der Waals surface area contributed by atoms with E-state index in [1.165, 1.54) is 0 Å². The van der Waals surface area contributed by atoms with Gasteiger partial charge in [0.1, 0.15) is 5.75 Å². The van der Waals surface area contributed by atoms with Gasteiger partial charge in [0.15, 0.2) is 0 Å². The van der Waals surface area contributed by atoms with Gasteiger partial charge in [-0.1, -0.05) is 6.07 Å². The van der Waals surface area contributed by atoms with Crippen LogP contribution in [0.2, 0.25) is 0 Å². The van der Waals surface area contributed by atoms with E-state index >= 15 is 0 Å². The fourth-order valence-electron chi connectivity index (χ4n) is 2.53. The van der Waals surface area contributed by atoms with Gasteiger partial charge in [0.25, 0.3) is 0 Å². The second kappa shape index (κ2) is 5.09. The van der Waals surface area contributed by atoms with Gasteiger partial charge in [0.05, 0.1) is 18.2 Å². The van der Waals surface area contributed by atoms with Crippen LogP contribution in [0.5, 0.6) is 5.75 Å². The van der Waals surface area contributed by atoms with Crippen LogP contribution in [0.3, 0.4) is 0 Å². The molecule has 0 spiro atoms. The van der Waals surface area contributed by atoms with E-state index in [9.17, 15) is 4.79 Å². The van der Waals surface area contributed by atoms with Crippen molar-refractivity contribution in [3.05, 3.63) is 23.8 Å². The molecule has 1 aliphatic rings. The lowest BCUT2D eigenvalue weighted by molar-refractivity contribution is -0.126. The quantitative estimate of drug-likeness (QED) is 0.793. The number of likely N-dealkylation sites (tertiary alicyclic amines) is 1. The Morgan fingerprint density at radius 2 is 2.26 bits per heavy atom. The van der Waals surface area contributed by atoms with Crippen molar-refractivity contribution in [1.82, 2.24) is 4.90 Å². The lowest BCUT2D eigenvalue weighted by Crippen LogP contribution is -2.36. The number of rotatable bonds is 4. The van der Waals surface area contributed by atoms with E-state index in [-0.39, 0.29) is 5.91 Å². The molecule has 1 aromatic rings. The topological polar surface area (TPSA) is 81.6 Å². The number of nitrogens with zero attached hydrogens (tertiary/aromatic N) is 1. The summed E-state index contributed by atoms with van der Waals surface area (Å²) in [5.74, 6) is 0.469. The third-order valence-electron chi connectivity index (χ3n) is 3.85. The van der Waals surface area contributed by atoms with Gasteiger partial charge in [0, 0.05) is 13.1 Å². The number of nitrogen functional groups attached to an aromatic ring is 1. The van der Waals surface area contributed by atoms with E-state index in [0.29, 0.717) is 18.0 Å². The summed E-state index contributed by atoms with van der Waals surface area (Å²) in [4.78, 5) is 13.6. The van der Waals surface area contributed by atoms with Crippen LogP contribution in [0.25, 0.3) is 0 Å². The van der Waals surface area contributed by atoms with E-state index < -0.39 is 5.41 Å². The number of carbonyl (C=O) groups excluding carboxylic acids is 1. The molecular weight excluding hydrogens is 242 g/mol. The molecule has 1 aliphatic heterocycles. The standard InChI is InChI=1S/C14H21N3O2/c1-14(13(16)18)5-6-17(9-14)8-10-3-4-12(19-2)11(15)7-10/h3-4,7H,5-6,8-9,15H2,1-2H3,(H2,16,18). The number of carbonyl (C=O) groups is 1. The molecule has 0 radical (unpaired) electrons. The second-order valence-electron chi connectivity index (χ2n) is 5.46. The van der Waals surface area contributed by atoms with E-state index in [1.807, 2.05) is 25.1 Å². The number of amides is 1. The van der Waals surface area contributed by atoms with Crippen molar-refractivity contribution < 1.29 is 9.53 Å². The summed E-state index contributed by atoms with van der Waals surface area (Å²) in [5.41, 5.74) is 12.7. The molecule has 0 bridgehead atoms. The summed E-state index contributed by atoms with van der Waals surface area (Å²) in [5, 5.41) is 0. The molecule has 1 fully saturated rings. The summed E-state index contributed by atoms with van der Waals surface area (Å²) >= 11 is 0. The second-order valence-corrected chi connectivity index (χ2v) is 5.46. The highest BCUT2D eigenvalue weighted by Crippen LogP contribution is 2.31. The number of primary amides is 1. The maximum absolute atomic E-state index is 11.4. The van der Waals surface area contributed by atoms with E-state index in [1.54, 1.807) is 7.11 Å². The predicted octanol–water partition coefficient (Wildman–Crippen LogP) is 0.975. The highest BCUT2D eigenvalue weighted by molar-refractivity contribution is 5.81. The molecule has 5 heteroatoms. The maximum atomic E-state index is 11.4. The Kier molecular flexibility index (Phi) is 3.66. The molecule has 1 amide bonds. The van der Waals surface area contributed by atoms with Crippen molar-refractivity contribution in [2.24, 2.45) is 11.1 Å². The Morgan fingerprint density at radius 1 is 1.53 bits per heavy atom. The molecule has 0 saturated carbocycles. The van der Waals surface area contributed by atoms with Crippen molar-refractivity contribution >= 4 is 11.6 Å². The Balaban J connectivity index is 2.03. The number of nitrogens with two attached hydrogens (primary N) is 2. The van der Waals surface area contributed by atoms with Gasteiger partial charge in [-0.3, -0.25) is 9.69 Å². The van der Waals surface area contributed by atoms with Gasteiger partial charge in [0.2, 0.25) is 5.91 Å². The van der Waals surface area contributed by atoms with Gasteiger partial charge in [-0.15, -0.1) is 0 Å². The van der Waals surface area contributed by atoms with Crippen molar-refractivity contribution in [2.45, 2.75) is 19.9 Å². The molecule has 1 saturated heterocycles. The van der Waals surface area contributed by atoms with Crippen LogP contribution in [0.4, 0.5) is 5.69 Å². The van der Waals surface area contributed by atoms with Crippen LogP contribution < -0.4 is 16.2 Å². The zero-order valence-electron chi connectivity index (χ0n) is 11.5. The highest BCUT2D eigenvalue weighted by Gasteiger charge is 2.38. The summed E-state index contributed by atoms with van der Waals surface area (Å²) < 4.78 is 5.13. The molecule has 104 valence electrons. The highest BCUT2D eigenvalue weighted by atomic mass is 16.5. The van der Waals surface area contributed by atoms with Crippen molar-refractivity contribution in [3.8, 4) is 5.75 Å². The molecule has 0 aliphatic carbocycles. The summed E-state index contributed by atoms with van der Waals surface area (Å²) in [6, 6.07) is 5.78. The number of benzene rings is 1. The first kappa shape index (κ1) is 13.7. The largest absolute Gasteiger partial charge is 0.495 e. The van der Waals surface area contributed by atoms with Crippen LogP contribution >= 0.6 is 0 Å². The van der Waals surface area contributed by atoms with Crippen LogP contribution in [-0.4, -0.2) is 31.0 Å².